The van der Waals surface area contributed by atoms with E-state index in [0.717, 1.165) is 0 Å². The Morgan fingerprint density at radius 1 is 0.550 bits per heavy atom. The van der Waals surface area contributed by atoms with Crippen LogP contribution in [0.15, 0.2) is 78.9 Å². The van der Waals surface area contributed by atoms with Gasteiger partial charge < -0.3 is 0 Å². The molecule has 0 aliphatic heterocycles. The van der Waals surface area contributed by atoms with Crippen molar-refractivity contribution in [2.24, 2.45) is 0 Å². The molecule has 0 heterocycles. The minimum atomic E-state index is 0. The molecule has 0 saturated carbocycles. The van der Waals surface area contributed by atoms with Crippen molar-refractivity contribution < 1.29 is 0 Å². The molecule has 3 rings (SSSR count). The van der Waals surface area contributed by atoms with Gasteiger partial charge in [-0.3, -0.25) is 0 Å². The second-order valence-corrected chi connectivity index (χ2v) is 5.16. The third-order valence-corrected chi connectivity index (χ3v) is 3.72. The summed E-state index contributed by atoms with van der Waals surface area (Å²) in [6, 6.07) is 27.6. The molecule has 0 aliphatic rings. The minimum absolute atomic E-state index is 0. The van der Waals surface area contributed by atoms with Gasteiger partial charge in [0, 0.05) is 51.4 Å². The summed E-state index contributed by atoms with van der Waals surface area (Å²) in [6.45, 7) is 0. The van der Waals surface area contributed by atoms with E-state index in [2.05, 4.69) is 76.0 Å². The number of hydrogen-bond acceptors (Lipinski definition) is 0. The van der Waals surface area contributed by atoms with Crippen LogP contribution in [0, 0.1) is 0 Å². The predicted molar refractivity (Wildman–Crippen MR) is 92.4 cm³/mol. The van der Waals surface area contributed by atoms with E-state index < -0.39 is 0 Å². The van der Waals surface area contributed by atoms with Gasteiger partial charge in [0.2, 0.25) is 0 Å². The molecule has 0 saturated heterocycles. The van der Waals surface area contributed by atoms with Crippen LogP contribution in [-0.2, 0) is 0 Å². The first-order chi connectivity index (χ1) is 9.34. The Bertz CT molecular complexity index is 678. The second-order valence-electron chi connectivity index (χ2n) is 4.53. The van der Waals surface area contributed by atoms with Crippen LogP contribution in [0.1, 0.15) is 0 Å². The Hall–Kier alpha value is -0.274. The first kappa shape index (κ1) is 16.1. The fourth-order valence-electron chi connectivity index (χ4n) is 2.25. The molecule has 0 fully saturated rings. The summed E-state index contributed by atoms with van der Waals surface area (Å²) >= 11 is 0. The van der Waals surface area contributed by atoms with Crippen LogP contribution in [0.4, 0.5) is 0 Å². The summed E-state index contributed by atoms with van der Waals surface area (Å²) in [5.74, 6) is 0. The fourth-order valence-corrected chi connectivity index (χ4v) is 2.70. The van der Waals surface area contributed by atoms with Crippen LogP contribution in [0.3, 0.4) is 0 Å². The van der Waals surface area contributed by atoms with E-state index in [9.17, 15) is 0 Å². The minimum Gasteiger partial charge on any atom is -0.105 e. The predicted octanol–water partition coefficient (Wildman–Crippen LogP) is 4.14. The van der Waals surface area contributed by atoms with Crippen LogP contribution < -0.4 is 5.30 Å². The normalized spacial score (nSPS) is 9.85. The first-order valence-electron chi connectivity index (χ1n) is 6.35. The third kappa shape index (κ3) is 3.68. The standard InChI is InChI=1S/C18H15P.K/c19-18-13-16(14-7-3-1-4-8-14)11-12-17(18)15-9-5-2-6-10-15;/h1-13H,19H2;. The molecule has 1 atom stereocenters. The quantitative estimate of drug-likeness (QED) is 0.493. The van der Waals surface area contributed by atoms with Crippen molar-refractivity contribution in [2.45, 2.75) is 0 Å². The van der Waals surface area contributed by atoms with Gasteiger partial charge in [0.05, 0.1) is 0 Å². The largest absolute Gasteiger partial charge is 0.105 e. The van der Waals surface area contributed by atoms with Gasteiger partial charge in [0.15, 0.2) is 0 Å². The monoisotopic (exact) mass is 301 g/mol. The van der Waals surface area contributed by atoms with E-state index in [-0.39, 0.29) is 51.4 Å². The Morgan fingerprint density at radius 2 is 1.10 bits per heavy atom. The van der Waals surface area contributed by atoms with Gasteiger partial charge in [-0.25, -0.2) is 0 Å². The maximum atomic E-state index is 2.84. The summed E-state index contributed by atoms with van der Waals surface area (Å²) < 4.78 is 0. The SMILES string of the molecule is Pc1cc(-c2ccccc2)ccc1-c1ccccc1.[K]. The van der Waals surface area contributed by atoms with Crippen molar-refractivity contribution in [3.63, 3.8) is 0 Å². The van der Waals surface area contributed by atoms with Crippen LogP contribution in [0.2, 0.25) is 0 Å². The molecule has 20 heavy (non-hydrogen) atoms. The summed E-state index contributed by atoms with van der Waals surface area (Å²) in [5, 5.41) is 1.23. The zero-order chi connectivity index (χ0) is 13.1. The Kier molecular flexibility index (Phi) is 6.16. The van der Waals surface area contributed by atoms with Gasteiger partial charge in [0.25, 0.3) is 0 Å². The van der Waals surface area contributed by atoms with Crippen LogP contribution in [-0.4, -0.2) is 51.4 Å². The van der Waals surface area contributed by atoms with Gasteiger partial charge in [-0.1, -0.05) is 72.8 Å². The molecule has 0 bridgehead atoms. The van der Waals surface area contributed by atoms with Crippen molar-refractivity contribution in [3.05, 3.63) is 78.9 Å². The Balaban J connectivity index is 0.00000147. The van der Waals surface area contributed by atoms with Gasteiger partial charge in [0.1, 0.15) is 0 Å². The van der Waals surface area contributed by atoms with E-state index in [0.29, 0.717) is 0 Å². The molecule has 0 N–H and O–H groups in total. The zero-order valence-corrected chi connectivity index (χ0v) is 15.9. The molecule has 0 amide bonds. The Morgan fingerprint density at radius 3 is 1.65 bits per heavy atom. The van der Waals surface area contributed by atoms with Crippen LogP contribution in [0.5, 0.6) is 0 Å². The van der Waals surface area contributed by atoms with Crippen molar-refractivity contribution in [1.82, 2.24) is 0 Å². The molecule has 2 heteroatoms. The van der Waals surface area contributed by atoms with Gasteiger partial charge in [-0.05, 0) is 33.6 Å². The van der Waals surface area contributed by atoms with Crippen molar-refractivity contribution in [3.8, 4) is 22.3 Å². The van der Waals surface area contributed by atoms with E-state index in [4.69, 9.17) is 0 Å². The van der Waals surface area contributed by atoms with E-state index in [1.165, 1.54) is 27.6 Å². The molecule has 1 unspecified atom stereocenters. The molecule has 0 aliphatic carbocycles. The maximum absolute atomic E-state index is 2.84. The maximum Gasteiger partial charge on any atom is 0 e. The Labute approximate surface area is 165 Å². The summed E-state index contributed by atoms with van der Waals surface area (Å²) in [7, 11) is 2.84. The summed E-state index contributed by atoms with van der Waals surface area (Å²) in [5.41, 5.74) is 5.04. The average Bonchev–Trinajstić information content (AvgIpc) is 2.49. The van der Waals surface area contributed by atoms with Crippen molar-refractivity contribution in [1.29, 1.82) is 0 Å². The van der Waals surface area contributed by atoms with E-state index in [1.54, 1.807) is 0 Å². The second kappa shape index (κ2) is 7.65. The summed E-state index contributed by atoms with van der Waals surface area (Å²) in [6.07, 6.45) is 0. The third-order valence-electron chi connectivity index (χ3n) is 3.24. The van der Waals surface area contributed by atoms with Gasteiger partial charge in [-0.2, -0.15) is 0 Å². The van der Waals surface area contributed by atoms with E-state index in [1.807, 2.05) is 12.1 Å². The van der Waals surface area contributed by atoms with Crippen LogP contribution in [0.25, 0.3) is 22.3 Å². The molecular formula is C18H15KP. The van der Waals surface area contributed by atoms with Crippen molar-refractivity contribution >= 4 is 65.9 Å². The first-order valence-corrected chi connectivity index (χ1v) is 6.93. The topological polar surface area (TPSA) is 0 Å². The summed E-state index contributed by atoms with van der Waals surface area (Å²) in [4.78, 5) is 0. The average molecular weight is 301 g/mol. The van der Waals surface area contributed by atoms with Gasteiger partial charge in [-0.15, -0.1) is 9.24 Å². The molecule has 0 spiro atoms. The van der Waals surface area contributed by atoms with Gasteiger partial charge >= 0.3 is 0 Å². The molecule has 93 valence electrons. The van der Waals surface area contributed by atoms with Crippen LogP contribution >= 0.6 is 9.24 Å². The zero-order valence-electron chi connectivity index (χ0n) is 11.6. The molecule has 1 radical (unpaired) electrons. The number of rotatable bonds is 2. The number of hydrogen-bond donors (Lipinski definition) is 0. The van der Waals surface area contributed by atoms with Crippen molar-refractivity contribution in [2.75, 3.05) is 0 Å². The molecule has 3 aromatic rings. The number of benzene rings is 3. The molecule has 0 aromatic heterocycles. The molecule has 3 aromatic carbocycles. The smallest absolute Gasteiger partial charge is 0 e. The van der Waals surface area contributed by atoms with E-state index >= 15 is 0 Å². The fraction of sp³-hybridized carbons (Fsp3) is 0. The molecule has 0 nitrogen and oxygen atoms in total. The molecular weight excluding hydrogens is 286 g/mol.